The number of carbonyl (C=O) groups is 1. The molecule has 162 valence electrons. The molecule has 1 aromatic heterocycles. The molecule has 1 fully saturated rings. The molecule has 30 heavy (non-hydrogen) atoms. The Kier molecular flexibility index (Phi) is 6.71. The lowest BCUT2D eigenvalue weighted by Gasteiger charge is -2.38. The lowest BCUT2D eigenvalue weighted by molar-refractivity contribution is 0.0505. The smallest absolute Gasteiger partial charge is 0.314 e. The van der Waals surface area contributed by atoms with Crippen LogP contribution in [0.5, 0.6) is 0 Å². The van der Waals surface area contributed by atoms with E-state index in [4.69, 9.17) is 4.74 Å². The van der Waals surface area contributed by atoms with Gasteiger partial charge in [-0.15, -0.1) is 11.3 Å². The first-order chi connectivity index (χ1) is 14.6. The predicted octanol–water partition coefficient (Wildman–Crippen LogP) is 3.68. The first kappa shape index (κ1) is 21.3. The summed E-state index contributed by atoms with van der Waals surface area (Å²) in [5, 5.41) is 8.22. The number of amides is 2. The largest absolute Gasteiger partial charge is 0.381 e. The maximum absolute atomic E-state index is 13.8. The van der Waals surface area contributed by atoms with Crippen molar-refractivity contribution in [1.82, 2.24) is 15.5 Å². The van der Waals surface area contributed by atoms with Gasteiger partial charge in [0, 0.05) is 55.7 Å². The quantitative estimate of drug-likeness (QED) is 0.734. The number of rotatable bonds is 6. The zero-order chi connectivity index (χ0) is 21.0. The molecule has 2 amide bonds. The molecule has 0 spiro atoms. The van der Waals surface area contributed by atoms with Gasteiger partial charge in [-0.25, -0.2) is 9.18 Å². The molecule has 0 radical (unpaired) electrons. The van der Waals surface area contributed by atoms with Gasteiger partial charge in [-0.05, 0) is 60.9 Å². The maximum Gasteiger partial charge on any atom is 0.314 e. The highest BCUT2D eigenvalue weighted by Gasteiger charge is 2.35. The molecule has 2 N–H and O–H groups in total. The number of ether oxygens (including phenoxy) is 1. The number of nitrogens with one attached hydrogen (secondary N) is 2. The summed E-state index contributed by atoms with van der Waals surface area (Å²) in [5.74, 6) is -0.244. The monoisotopic (exact) mass is 431 g/mol. The highest BCUT2D eigenvalue weighted by Crippen LogP contribution is 2.34. The van der Waals surface area contributed by atoms with Crippen molar-refractivity contribution >= 4 is 17.4 Å². The molecule has 1 aromatic carbocycles. The van der Waals surface area contributed by atoms with Gasteiger partial charge in [-0.3, -0.25) is 4.90 Å². The minimum atomic E-state index is -0.286. The molecule has 1 saturated heterocycles. The van der Waals surface area contributed by atoms with Gasteiger partial charge in [0.2, 0.25) is 0 Å². The second kappa shape index (κ2) is 9.45. The summed E-state index contributed by atoms with van der Waals surface area (Å²) in [5.41, 5.74) is 2.06. The number of benzene rings is 1. The summed E-state index contributed by atoms with van der Waals surface area (Å²) in [6.07, 6.45) is 2.62. The van der Waals surface area contributed by atoms with Crippen LogP contribution in [0.15, 0.2) is 35.7 Å². The number of hydrogen-bond acceptors (Lipinski definition) is 4. The number of thiophene rings is 1. The first-order valence-electron chi connectivity index (χ1n) is 10.7. The molecular formula is C23H30FN3O2S. The maximum atomic E-state index is 13.8. The van der Waals surface area contributed by atoms with Gasteiger partial charge < -0.3 is 15.4 Å². The summed E-state index contributed by atoms with van der Waals surface area (Å²) in [6.45, 7) is 6.45. The normalized spacial score (nSPS) is 19.7. The molecule has 4 rings (SSSR count). The van der Waals surface area contributed by atoms with E-state index in [1.807, 2.05) is 17.4 Å². The van der Waals surface area contributed by atoms with Crippen LogP contribution in [-0.2, 0) is 23.1 Å². The van der Waals surface area contributed by atoms with Gasteiger partial charge >= 0.3 is 6.03 Å². The third-order valence-corrected chi connectivity index (χ3v) is 7.52. The molecule has 7 heteroatoms. The topological polar surface area (TPSA) is 53.6 Å². The van der Waals surface area contributed by atoms with E-state index >= 15 is 0 Å². The number of halogens is 1. The highest BCUT2D eigenvalue weighted by atomic mass is 32.1. The van der Waals surface area contributed by atoms with Crippen LogP contribution in [-0.4, -0.2) is 49.8 Å². The van der Waals surface area contributed by atoms with Crippen LogP contribution < -0.4 is 10.6 Å². The van der Waals surface area contributed by atoms with Crippen LogP contribution in [0.2, 0.25) is 0 Å². The molecule has 3 heterocycles. The molecule has 5 nitrogen and oxygen atoms in total. The van der Waals surface area contributed by atoms with Gasteiger partial charge in [0.15, 0.2) is 0 Å². The Bertz CT molecular complexity index is 866. The van der Waals surface area contributed by atoms with E-state index in [2.05, 4.69) is 33.9 Å². The number of hydrogen-bond donors (Lipinski definition) is 2. The summed E-state index contributed by atoms with van der Waals surface area (Å²) in [6, 6.07) is 9.03. The second-order valence-electron chi connectivity index (χ2n) is 8.41. The van der Waals surface area contributed by atoms with Crippen LogP contribution in [0.3, 0.4) is 0 Å². The standard InChI is InChI=1S/C23H30FN3O2S/c1-17(27-9-5-21-18(15-27)6-12-30-21)14-25-22(28)26-16-23(7-10-29-11-8-23)19-3-2-4-20(24)13-19/h2-4,6,12-13,17H,5,7-11,14-16H2,1H3,(H2,25,26,28). The van der Waals surface area contributed by atoms with Crippen molar-refractivity contribution in [3.63, 3.8) is 0 Å². The fourth-order valence-corrected chi connectivity index (χ4v) is 5.37. The van der Waals surface area contributed by atoms with Gasteiger partial charge in [0.05, 0.1) is 0 Å². The Hall–Kier alpha value is -1.96. The van der Waals surface area contributed by atoms with Crippen molar-refractivity contribution in [1.29, 1.82) is 0 Å². The van der Waals surface area contributed by atoms with Crippen molar-refractivity contribution in [2.75, 3.05) is 32.8 Å². The Morgan fingerprint density at radius 3 is 2.93 bits per heavy atom. The Balaban J connectivity index is 1.30. The summed E-state index contributed by atoms with van der Waals surface area (Å²) in [7, 11) is 0. The molecule has 2 aromatic rings. The molecule has 2 aliphatic heterocycles. The Morgan fingerprint density at radius 2 is 2.13 bits per heavy atom. The molecule has 2 aliphatic rings. The molecule has 0 aliphatic carbocycles. The SMILES string of the molecule is CC(CNC(=O)NCC1(c2cccc(F)c2)CCOCC1)N1CCc2sccc2C1. The second-order valence-corrected chi connectivity index (χ2v) is 9.41. The number of nitrogens with zero attached hydrogens (tertiary/aromatic N) is 1. The first-order valence-corrected chi connectivity index (χ1v) is 11.6. The molecule has 1 unspecified atom stereocenters. The van der Waals surface area contributed by atoms with Gasteiger partial charge in [0.25, 0.3) is 0 Å². The molecule has 0 saturated carbocycles. The summed E-state index contributed by atoms with van der Waals surface area (Å²) >= 11 is 1.84. The predicted molar refractivity (Wildman–Crippen MR) is 117 cm³/mol. The van der Waals surface area contributed by atoms with Crippen LogP contribution in [0.1, 0.15) is 35.8 Å². The van der Waals surface area contributed by atoms with Crippen molar-refractivity contribution in [2.45, 2.75) is 44.2 Å². The van der Waals surface area contributed by atoms with Gasteiger partial charge in [-0.2, -0.15) is 0 Å². The van der Waals surface area contributed by atoms with Crippen molar-refractivity contribution < 1.29 is 13.9 Å². The van der Waals surface area contributed by atoms with E-state index in [9.17, 15) is 9.18 Å². The van der Waals surface area contributed by atoms with Crippen molar-refractivity contribution in [3.8, 4) is 0 Å². The zero-order valence-electron chi connectivity index (χ0n) is 17.5. The van der Waals surface area contributed by atoms with E-state index in [0.717, 1.165) is 37.9 Å². The zero-order valence-corrected chi connectivity index (χ0v) is 18.3. The average Bonchev–Trinajstić information content (AvgIpc) is 3.24. The Labute approximate surface area is 181 Å². The van der Waals surface area contributed by atoms with E-state index in [1.54, 1.807) is 12.1 Å². The minimum absolute atomic E-state index is 0.169. The summed E-state index contributed by atoms with van der Waals surface area (Å²) < 4.78 is 19.3. The lowest BCUT2D eigenvalue weighted by atomic mass is 9.74. The number of fused-ring (bicyclic) bond motifs is 1. The van der Waals surface area contributed by atoms with Crippen LogP contribution in [0, 0.1) is 5.82 Å². The Morgan fingerprint density at radius 1 is 1.30 bits per heavy atom. The highest BCUT2D eigenvalue weighted by molar-refractivity contribution is 7.10. The van der Waals surface area contributed by atoms with E-state index in [1.165, 1.54) is 16.5 Å². The van der Waals surface area contributed by atoms with Crippen LogP contribution in [0.25, 0.3) is 0 Å². The molecule has 1 atom stereocenters. The third-order valence-electron chi connectivity index (χ3n) is 6.49. The third kappa shape index (κ3) is 4.85. The number of carbonyl (C=O) groups excluding carboxylic acids is 1. The summed E-state index contributed by atoms with van der Waals surface area (Å²) in [4.78, 5) is 16.4. The van der Waals surface area contributed by atoms with E-state index in [0.29, 0.717) is 26.3 Å². The fourth-order valence-electron chi connectivity index (χ4n) is 4.48. The lowest BCUT2D eigenvalue weighted by Crippen LogP contribution is -2.50. The molecular weight excluding hydrogens is 401 g/mol. The van der Waals surface area contributed by atoms with Crippen molar-refractivity contribution in [2.24, 2.45) is 0 Å². The van der Waals surface area contributed by atoms with Crippen molar-refractivity contribution in [3.05, 3.63) is 57.5 Å². The number of urea groups is 1. The van der Waals surface area contributed by atoms with Gasteiger partial charge in [0.1, 0.15) is 5.82 Å². The van der Waals surface area contributed by atoms with E-state index in [-0.39, 0.29) is 23.3 Å². The average molecular weight is 432 g/mol. The van der Waals surface area contributed by atoms with Gasteiger partial charge in [-0.1, -0.05) is 12.1 Å². The van der Waals surface area contributed by atoms with Crippen LogP contribution in [0.4, 0.5) is 9.18 Å². The van der Waals surface area contributed by atoms with Crippen LogP contribution >= 0.6 is 11.3 Å². The minimum Gasteiger partial charge on any atom is -0.381 e. The molecule has 0 bridgehead atoms. The fraction of sp³-hybridized carbons (Fsp3) is 0.522. The van der Waals surface area contributed by atoms with E-state index < -0.39 is 0 Å².